The first kappa shape index (κ1) is 21.9. The molecule has 0 aromatic heterocycles. The van der Waals surface area contributed by atoms with Crippen LogP contribution in [0.5, 0.6) is 0 Å². The lowest BCUT2D eigenvalue weighted by Crippen LogP contribution is -2.48. The monoisotopic (exact) mass is 402 g/mol. The van der Waals surface area contributed by atoms with E-state index < -0.39 is 0 Å². The van der Waals surface area contributed by atoms with Gasteiger partial charge in [-0.15, -0.1) is 0 Å². The van der Waals surface area contributed by atoms with Crippen molar-refractivity contribution in [3.05, 3.63) is 11.1 Å². The van der Waals surface area contributed by atoms with E-state index in [1.165, 1.54) is 56.9 Å². The van der Waals surface area contributed by atoms with Gasteiger partial charge in [0.1, 0.15) is 0 Å². The molecule has 8 atom stereocenters. The van der Waals surface area contributed by atoms with Crippen LogP contribution in [-0.2, 0) is 0 Å². The number of aliphatic hydroxyl groups is 2. The van der Waals surface area contributed by atoms with Crippen LogP contribution in [0.2, 0.25) is 0 Å². The zero-order valence-corrected chi connectivity index (χ0v) is 19.7. The van der Waals surface area contributed by atoms with E-state index in [0.717, 1.165) is 25.2 Å². The molecule has 29 heavy (non-hydrogen) atoms. The van der Waals surface area contributed by atoms with Gasteiger partial charge in [0.2, 0.25) is 0 Å². The average Bonchev–Trinajstić information content (AvgIpc) is 2.93. The zero-order chi connectivity index (χ0) is 21.0. The highest BCUT2D eigenvalue weighted by Gasteiger charge is 2.57. The van der Waals surface area contributed by atoms with E-state index in [9.17, 15) is 10.2 Å². The summed E-state index contributed by atoms with van der Waals surface area (Å²) in [6, 6.07) is 0. The van der Waals surface area contributed by atoms with Gasteiger partial charge in [0.15, 0.2) is 0 Å². The maximum Gasteiger partial charge on any atom is 0.0761 e. The van der Waals surface area contributed by atoms with Crippen LogP contribution in [0.1, 0.15) is 105 Å². The minimum Gasteiger partial charge on any atom is -0.393 e. The largest absolute Gasteiger partial charge is 0.393 e. The van der Waals surface area contributed by atoms with Gasteiger partial charge in [-0.1, -0.05) is 59.5 Å². The normalized spacial score (nSPS) is 45.7. The Labute approximate surface area is 179 Å². The number of allylic oxidation sites excluding steroid dienone is 1. The molecule has 4 rings (SSSR count). The minimum absolute atomic E-state index is 0.0794. The Balaban J connectivity index is 1.58. The molecule has 4 aliphatic rings. The van der Waals surface area contributed by atoms with Crippen molar-refractivity contribution >= 4 is 0 Å². The molecule has 2 heteroatoms. The second-order valence-electron chi connectivity index (χ2n) is 12.3. The number of fused-ring (bicyclic) bond motifs is 4. The third kappa shape index (κ3) is 3.65. The molecule has 3 fully saturated rings. The van der Waals surface area contributed by atoms with E-state index in [2.05, 4.69) is 34.6 Å². The number of hydrogen-bond donors (Lipinski definition) is 2. The van der Waals surface area contributed by atoms with Gasteiger partial charge >= 0.3 is 0 Å². The topological polar surface area (TPSA) is 40.5 Å². The molecule has 0 saturated heterocycles. The van der Waals surface area contributed by atoms with Crippen molar-refractivity contribution in [3.8, 4) is 0 Å². The molecular weight excluding hydrogens is 356 g/mol. The summed E-state index contributed by atoms with van der Waals surface area (Å²) >= 11 is 0. The van der Waals surface area contributed by atoms with Gasteiger partial charge in [0.05, 0.1) is 12.2 Å². The van der Waals surface area contributed by atoms with Gasteiger partial charge in [-0.2, -0.15) is 0 Å². The van der Waals surface area contributed by atoms with Crippen molar-refractivity contribution in [2.45, 2.75) is 117 Å². The molecule has 166 valence electrons. The fourth-order valence-corrected chi connectivity index (χ4v) is 8.49. The Kier molecular flexibility index (Phi) is 6.01. The van der Waals surface area contributed by atoms with E-state index >= 15 is 0 Å². The molecule has 0 heterocycles. The number of hydrogen-bond acceptors (Lipinski definition) is 2. The Bertz CT molecular complexity index is 636. The molecule has 0 aliphatic heterocycles. The summed E-state index contributed by atoms with van der Waals surface area (Å²) in [5, 5.41) is 21.5. The summed E-state index contributed by atoms with van der Waals surface area (Å²) in [5.74, 6) is 3.48. The van der Waals surface area contributed by atoms with Crippen molar-refractivity contribution in [3.63, 3.8) is 0 Å². The van der Waals surface area contributed by atoms with Crippen molar-refractivity contribution in [2.75, 3.05) is 0 Å². The van der Waals surface area contributed by atoms with E-state index in [4.69, 9.17) is 0 Å². The van der Waals surface area contributed by atoms with Crippen LogP contribution in [-0.4, -0.2) is 22.4 Å². The molecule has 1 unspecified atom stereocenters. The van der Waals surface area contributed by atoms with Crippen LogP contribution in [0.25, 0.3) is 0 Å². The maximum atomic E-state index is 11.3. The average molecular weight is 403 g/mol. The van der Waals surface area contributed by atoms with E-state index in [-0.39, 0.29) is 17.6 Å². The van der Waals surface area contributed by atoms with Crippen LogP contribution >= 0.6 is 0 Å². The standard InChI is InChI=1S/C27H46O2/c1-17(2)7-6-8-18(3)23-16-24(29)25-21-10-9-19-15-20(28)11-13-26(19,4)22(21)12-14-27(23,25)5/h17-20,22-24,28-29H,6-16H2,1-5H3/t18?,19-,20-,22-,23+,24+,26-,27+/m0/s1. The lowest BCUT2D eigenvalue weighted by molar-refractivity contribution is -0.0386. The van der Waals surface area contributed by atoms with E-state index in [1.807, 2.05) is 0 Å². The lowest BCUT2D eigenvalue weighted by atomic mass is 9.48. The van der Waals surface area contributed by atoms with E-state index in [1.54, 1.807) is 5.57 Å². The molecule has 0 spiro atoms. The molecule has 0 aromatic rings. The van der Waals surface area contributed by atoms with Crippen molar-refractivity contribution in [2.24, 2.45) is 40.4 Å². The third-order valence-electron chi connectivity index (χ3n) is 10.2. The summed E-state index contributed by atoms with van der Waals surface area (Å²) in [6.45, 7) is 12.1. The molecule has 2 nitrogen and oxygen atoms in total. The number of aliphatic hydroxyl groups excluding tert-OH is 2. The van der Waals surface area contributed by atoms with Crippen LogP contribution in [0.15, 0.2) is 11.1 Å². The first-order chi connectivity index (χ1) is 13.7. The van der Waals surface area contributed by atoms with Crippen molar-refractivity contribution < 1.29 is 10.2 Å². The fraction of sp³-hybridized carbons (Fsp3) is 0.926. The molecule has 0 bridgehead atoms. The predicted molar refractivity (Wildman–Crippen MR) is 121 cm³/mol. The van der Waals surface area contributed by atoms with Crippen LogP contribution < -0.4 is 0 Å². The van der Waals surface area contributed by atoms with Crippen LogP contribution in [0.3, 0.4) is 0 Å². The summed E-state index contributed by atoms with van der Waals surface area (Å²) < 4.78 is 0. The highest BCUT2D eigenvalue weighted by Crippen LogP contribution is 2.65. The first-order valence-electron chi connectivity index (χ1n) is 12.8. The smallest absolute Gasteiger partial charge is 0.0761 e. The predicted octanol–water partition coefficient (Wildman–Crippen LogP) is 6.50. The van der Waals surface area contributed by atoms with Gasteiger partial charge in [0.25, 0.3) is 0 Å². The molecular formula is C27H46O2. The SMILES string of the molecule is CC(C)CCCC(C)[C@H]1C[C@@H](O)C2=C3CC[C@H]4C[C@@H](O)CC[C@]4(C)[C@H]3CC[C@@]21C. The minimum atomic E-state index is -0.204. The van der Waals surface area contributed by atoms with Gasteiger partial charge in [0, 0.05) is 0 Å². The Morgan fingerprint density at radius 3 is 2.45 bits per heavy atom. The number of rotatable bonds is 5. The van der Waals surface area contributed by atoms with E-state index in [0.29, 0.717) is 29.1 Å². The zero-order valence-electron chi connectivity index (χ0n) is 19.7. The summed E-state index contributed by atoms with van der Waals surface area (Å²) in [6.07, 6.45) is 12.8. The van der Waals surface area contributed by atoms with Gasteiger partial charge in [-0.25, -0.2) is 0 Å². The molecule has 3 saturated carbocycles. The Morgan fingerprint density at radius 2 is 1.72 bits per heavy atom. The third-order valence-corrected chi connectivity index (χ3v) is 10.2. The molecule has 0 amide bonds. The second-order valence-corrected chi connectivity index (χ2v) is 12.3. The molecule has 2 N–H and O–H groups in total. The molecule has 0 radical (unpaired) electrons. The summed E-state index contributed by atoms with van der Waals surface area (Å²) in [7, 11) is 0. The summed E-state index contributed by atoms with van der Waals surface area (Å²) in [4.78, 5) is 0. The van der Waals surface area contributed by atoms with Crippen molar-refractivity contribution in [1.29, 1.82) is 0 Å². The van der Waals surface area contributed by atoms with Crippen LogP contribution in [0.4, 0.5) is 0 Å². The highest BCUT2D eigenvalue weighted by molar-refractivity contribution is 5.37. The quantitative estimate of drug-likeness (QED) is 0.515. The lowest BCUT2D eigenvalue weighted by Gasteiger charge is -2.56. The Morgan fingerprint density at radius 1 is 0.966 bits per heavy atom. The molecule has 4 aliphatic carbocycles. The fourth-order valence-electron chi connectivity index (χ4n) is 8.49. The highest BCUT2D eigenvalue weighted by atomic mass is 16.3. The molecule has 0 aromatic carbocycles. The summed E-state index contributed by atoms with van der Waals surface area (Å²) in [5.41, 5.74) is 3.72. The first-order valence-corrected chi connectivity index (χ1v) is 12.8. The second kappa shape index (κ2) is 7.97. The van der Waals surface area contributed by atoms with Gasteiger partial charge < -0.3 is 10.2 Å². The van der Waals surface area contributed by atoms with Gasteiger partial charge in [-0.05, 0) is 97.4 Å². The van der Waals surface area contributed by atoms with Crippen LogP contribution in [0, 0.1) is 40.4 Å². The van der Waals surface area contributed by atoms with Gasteiger partial charge in [-0.3, -0.25) is 0 Å². The maximum absolute atomic E-state index is 11.3. The van der Waals surface area contributed by atoms with Crippen molar-refractivity contribution in [1.82, 2.24) is 0 Å². The Hall–Kier alpha value is -0.340.